The van der Waals surface area contributed by atoms with Gasteiger partial charge in [-0.2, -0.15) is 0 Å². The Morgan fingerprint density at radius 2 is 2.22 bits per heavy atom. The lowest BCUT2D eigenvalue weighted by molar-refractivity contribution is 0.115. The van der Waals surface area contributed by atoms with E-state index in [9.17, 15) is 4.39 Å². The van der Waals surface area contributed by atoms with Gasteiger partial charge in [-0.05, 0) is 43.0 Å². The Bertz CT molecular complexity index is 373. The molecule has 2 rings (SSSR count). The first-order valence-corrected chi connectivity index (χ1v) is 6.37. The van der Waals surface area contributed by atoms with Crippen LogP contribution in [0, 0.1) is 11.7 Å². The maximum atomic E-state index is 13.1. The fourth-order valence-electron chi connectivity index (χ4n) is 2.62. The molecule has 0 radical (unpaired) electrons. The Morgan fingerprint density at radius 1 is 1.44 bits per heavy atom. The van der Waals surface area contributed by atoms with E-state index in [1.165, 1.54) is 12.5 Å². The highest BCUT2D eigenvalue weighted by Crippen LogP contribution is 2.23. The fraction of sp³-hybridized carbons (Fsp3) is 0.571. The van der Waals surface area contributed by atoms with Crippen LogP contribution in [0.15, 0.2) is 24.3 Å². The average molecular weight is 273 g/mol. The molecule has 1 fully saturated rings. The van der Waals surface area contributed by atoms with Crippen LogP contribution in [0.2, 0.25) is 0 Å². The number of nitrogens with two attached hydrogens (primary N) is 1. The van der Waals surface area contributed by atoms with E-state index in [-0.39, 0.29) is 18.2 Å². The second-order valence-electron chi connectivity index (χ2n) is 5.12. The Morgan fingerprint density at radius 3 is 2.89 bits per heavy atom. The molecule has 0 aliphatic carbocycles. The minimum atomic E-state index is -0.155. The van der Waals surface area contributed by atoms with Crippen LogP contribution < -0.4 is 5.73 Å². The summed E-state index contributed by atoms with van der Waals surface area (Å²) in [7, 11) is 0. The number of hydrogen-bond acceptors (Lipinski definition) is 2. The zero-order valence-electron chi connectivity index (χ0n) is 10.8. The molecule has 18 heavy (non-hydrogen) atoms. The van der Waals surface area contributed by atoms with Crippen LogP contribution in [0.5, 0.6) is 0 Å². The molecule has 1 aromatic rings. The van der Waals surface area contributed by atoms with Crippen molar-refractivity contribution in [2.45, 2.75) is 32.4 Å². The van der Waals surface area contributed by atoms with Gasteiger partial charge in [-0.15, -0.1) is 12.4 Å². The second-order valence-corrected chi connectivity index (χ2v) is 5.12. The zero-order chi connectivity index (χ0) is 12.3. The van der Waals surface area contributed by atoms with Crippen molar-refractivity contribution in [2.75, 3.05) is 13.1 Å². The lowest BCUT2D eigenvalue weighted by Gasteiger charge is -2.38. The summed E-state index contributed by atoms with van der Waals surface area (Å²) in [5.74, 6) is 0.601. The van der Waals surface area contributed by atoms with Gasteiger partial charge in [0, 0.05) is 19.1 Å². The van der Waals surface area contributed by atoms with Crippen molar-refractivity contribution in [3.05, 3.63) is 35.6 Å². The Kier molecular flexibility index (Phi) is 6.06. The van der Waals surface area contributed by atoms with E-state index >= 15 is 0 Å². The van der Waals surface area contributed by atoms with Gasteiger partial charge in [0.15, 0.2) is 0 Å². The number of halogens is 2. The molecule has 1 saturated heterocycles. The van der Waals surface area contributed by atoms with Gasteiger partial charge < -0.3 is 5.73 Å². The lowest BCUT2D eigenvalue weighted by atomic mass is 9.92. The first-order chi connectivity index (χ1) is 8.19. The SMILES string of the molecule is CC1CCN(Cc2cccc(F)c2)C(CN)C1.Cl. The molecular weight excluding hydrogens is 251 g/mol. The molecule has 0 amide bonds. The van der Waals surface area contributed by atoms with Crippen molar-refractivity contribution in [3.63, 3.8) is 0 Å². The molecule has 102 valence electrons. The first kappa shape index (κ1) is 15.4. The molecule has 1 aromatic carbocycles. The summed E-state index contributed by atoms with van der Waals surface area (Å²) in [6.45, 7) is 4.85. The van der Waals surface area contributed by atoms with Crippen LogP contribution in [0.3, 0.4) is 0 Å². The van der Waals surface area contributed by atoms with E-state index in [2.05, 4.69) is 11.8 Å². The number of nitrogens with zero attached hydrogens (tertiary/aromatic N) is 1. The number of rotatable bonds is 3. The molecular formula is C14H22ClFN2. The molecule has 0 aromatic heterocycles. The molecule has 2 unspecified atom stereocenters. The maximum absolute atomic E-state index is 13.1. The van der Waals surface area contributed by atoms with E-state index in [1.54, 1.807) is 12.1 Å². The number of piperidine rings is 1. The third-order valence-corrected chi connectivity index (χ3v) is 3.65. The fourth-order valence-corrected chi connectivity index (χ4v) is 2.62. The van der Waals surface area contributed by atoms with Gasteiger partial charge in [0.05, 0.1) is 0 Å². The van der Waals surface area contributed by atoms with Crippen molar-refractivity contribution in [1.29, 1.82) is 0 Å². The van der Waals surface area contributed by atoms with E-state index < -0.39 is 0 Å². The van der Waals surface area contributed by atoms with Crippen LogP contribution in [-0.4, -0.2) is 24.0 Å². The van der Waals surface area contributed by atoms with Crippen molar-refractivity contribution in [1.82, 2.24) is 4.90 Å². The summed E-state index contributed by atoms with van der Waals surface area (Å²) in [5, 5.41) is 0. The molecule has 2 atom stereocenters. The summed E-state index contributed by atoms with van der Waals surface area (Å²) in [6, 6.07) is 7.30. The maximum Gasteiger partial charge on any atom is 0.123 e. The number of benzene rings is 1. The zero-order valence-corrected chi connectivity index (χ0v) is 11.6. The Labute approximate surface area is 115 Å². The van der Waals surface area contributed by atoms with Crippen molar-refractivity contribution >= 4 is 12.4 Å². The summed E-state index contributed by atoms with van der Waals surface area (Å²) in [6.07, 6.45) is 2.37. The van der Waals surface area contributed by atoms with E-state index in [0.29, 0.717) is 12.6 Å². The predicted molar refractivity (Wildman–Crippen MR) is 75.3 cm³/mol. The van der Waals surface area contributed by atoms with E-state index in [1.807, 2.05) is 6.07 Å². The Hall–Kier alpha value is -0.640. The van der Waals surface area contributed by atoms with Gasteiger partial charge in [0.1, 0.15) is 5.82 Å². The van der Waals surface area contributed by atoms with Crippen LogP contribution in [0.4, 0.5) is 4.39 Å². The van der Waals surface area contributed by atoms with Gasteiger partial charge in [0.25, 0.3) is 0 Å². The monoisotopic (exact) mass is 272 g/mol. The molecule has 1 aliphatic heterocycles. The molecule has 0 bridgehead atoms. The molecule has 0 spiro atoms. The highest BCUT2D eigenvalue weighted by atomic mass is 35.5. The van der Waals surface area contributed by atoms with Crippen molar-refractivity contribution in [2.24, 2.45) is 11.7 Å². The highest BCUT2D eigenvalue weighted by molar-refractivity contribution is 5.85. The van der Waals surface area contributed by atoms with Crippen LogP contribution >= 0.6 is 12.4 Å². The third kappa shape index (κ3) is 3.94. The van der Waals surface area contributed by atoms with E-state index in [0.717, 1.165) is 31.0 Å². The van der Waals surface area contributed by atoms with Crippen molar-refractivity contribution < 1.29 is 4.39 Å². The number of hydrogen-bond donors (Lipinski definition) is 1. The molecule has 1 heterocycles. The average Bonchev–Trinajstić information content (AvgIpc) is 2.31. The minimum Gasteiger partial charge on any atom is -0.329 e. The molecule has 1 aliphatic rings. The predicted octanol–water partition coefficient (Wildman–Crippen LogP) is 2.81. The smallest absolute Gasteiger partial charge is 0.123 e. The summed E-state index contributed by atoms with van der Waals surface area (Å²) >= 11 is 0. The van der Waals surface area contributed by atoms with Gasteiger partial charge in [-0.25, -0.2) is 4.39 Å². The molecule has 4 heteroatoms. The van der Waals surface area contributed by atoms with Crippen LogP contribution in [0.25, 0.3) is 0 Å². The van der Waals surface area contributed by atoms with Gasteiger partial charge >= 0.3 is 0 Å². The second kappa shape index (κ2) is 7.07. The van der Waals surface area contributed by atoms with Gasteiger partial charge in [-0.1, -0.05) is 19.1 Å². The standard InChI is InChI=1S/C14H21FN2.ClH/c1-11-5-6-17(14(7-11)9-16)10-12-3-2-4-13(15)8-12;/h2-4,8,11,14H,5-7,9-10,16H2,1H3;1H. The van der Waals surface area contributed by atoms with Gasteiger partial charge in [0.2, 0.25) is 0 Å². The third-order valence-electron chi connectivity index (χ3n) is 3.65. The summed E-state index contributed by atoms with van der Waals surface area (Å²) in [5.41, 5.74) is 6.86. The van der Waals surface area contributed by atoms with Crippen LogP contribution in [0.1, 0.15) is 25.3 Å². The van der Waals surface area contributed by atoms with Crippen LogP contribution in [-0.2, 0) is 6.54 Å². The largest absolute Gasteiger partial charge is 0.329 e. The lowest BCUT2D eigenvalue weighted by Crippen LogP contribution is -2.45. The van der Waals surface area contributed by atoms with Crippen molar-refractivity contribution in [3.8, 4) is 0 Å². The first-order valence-electron chi connectivity index (χ1n) is 6.37. The summed E-state index contributed by atoms with van der Waals surface area (Å²) in [4.78, 5) is 2.38. The topological polar surface area (TPSA) is 29.3 Å². The molecule has 2 nitrogen and oxygen atoms in total. The summed E-state index contributed by atoms with van der Waals surface area (Å²) < 4.78 is 13.1. The number of likely N-dealkylation sites (tertiary alicyclic amines) is 1. The normalized spacial score (nSPS) is 24.6. The molecule has 2 N–H and O–H groups in total. The van der Waals surface area contributed by atoms with E-state index in [4.69, 9.17) is 5.73 Å². The minimum absolute atomic E-state index is 0. The molecule has 0 saturated carbocycles. The van der Waals surface area contributed by atoms with Gasteiger partial charge in [-0.3, -0.25) is 4.90 Å². The Balaban J connectivity index is 0.00000162. The quantitative estimate of drug-likeness (QED) is 0.917. The highest BCUT2D eigenvalue weighted by Gasteiger charge is 2.25.